The van der Waals surface area contributed by atoms with Gasteiger partial charge in [-0.15, -0.1) is 0 Å². The Morgan fingerprint density at radius 3 is 3.20 bits per heavy atom. The summed E-state index contributed by atoms with van der Waals surface area (Å²) < 4.78 is 0.875. The smallest absolute Gasteiger partial charge is 0.226 e. The maximum Gasteiger partial charge on any atom is 0.226 e. The van der Waals surface area contributed by atoms with Gasteiger partial charge in [0.15, 0.2) is 5.82 Å². The van der Waals surface area contributed by atoms with Crippen LogP contribution in [0.2, 0.25) is 0 Å². The van der Waals surface area contributed by atoms with E-state index >= 15 is 0 Å². The van der Waals surface area contributed by atoms with E-state index in [9.17, 15) is 4.79 Å². The molecule has 1 amide bonds. The van der Waals surface area contributed by atoms with Crippen LogP contribution in [0.4, 0.5) is 11.5 Å². The molecule has 0 spiro atoms. The summed E-state index contributed by atoms with van der Waals surface area (Å²) >= 11 is 3.35. The molecule has 0 unspecified atom stereocenters. The van der Waals surface area contributed by atoms with Gasteiger partial charge in [-0.1, -0.05) is 0 Å². The van der Waals surface area contributed by atoms with E-state index in [0.717, 1.165) is 29.1 Å². The zero-order chi connectivity index (χ0) is 10.8. The van der Waals surface area contributed by atoms with Gasteiger partial charge in [-0.25, -0.2) is 4.98 Å². The third-order valence-corrected chi connectivity index (χ3v) is 2.83. The van der Waals surface area contributed by atoms with E-state index in [1.165, 1.54) is 0 Å². The molecule has 2 heterocycles. The Labute approximate surface area is 96.8 Å². The number of amides is 1. The van der Waals surface area contributed by atoms with Crippen molar-refractivity contribution in [2.75, 3.05) is 23.3 Å². The van der Waals surface area contributed by atoms with Gasteiger partial charge < -0.3 is 10.2 Å². The Kier molecular flexibility index (Phi) is 2.90. The van der Waals surface area contributed by atoms with Gasteiger partial charge >= 0.3 is 0 Å². The molecule has 0 saturated heterocycles. The van der Waals surface area contributed by atoms with Crippen molar-refractivity contribution < 1.29 is 4.79 Å². The van der Waals surface area contributed by atoms with E-state index in [1.54, 1.807) is 6.20 Å². The maximum atomic E-state index is 11.4. The highest BCUT2D eigenvalue weighted by Crippen LogP contribution is 2.28. The average molecular weight is 270 g/mol. The Bertz CT molecular complexity index is 394. The van der Waals surface area contributed by atoms with Gasteiger partial charge in [0.2, 0.25) is 5.91 Å². The van der Waals surface area contributed by atoms with Gasteiger partial charge in [0.05, 0.1) is 5.69 Å². The Balaban J connectivity index is 2.44. The number of carbonyl (C=O) groups excluding carboxylic acids is 1. The summed E-state index contributed by atoms with van der Waals surface area (Å²) in [5.41, 5.74) is 0.786. The minimum absolute atomic E-state index is 0.0482. The lowest BCUT2D eigenvalue weighted by atomic mass is 10.3. The molecule has 0 bridgehead atoms. The fraction of sp³-hybridized carbons (Fsp3) is 0.400. The molecule has 0 saturated carbocycles. The SMILES string of the molecule is CCN1CCC(=O)Nc2cc(Br)cnc21. The molecule has 1 aliphatic rings. The zero-order valence-electron chi connectivity index (χ0n) is 8.46. The van der Waals surface area contributed by atoms with Gasteiger partial charge in [-0.3, -0.25) is 4.79 Å². The van der Waals surface area contributed by atoms with Crippen LogP contribution in [0.15, 0.2) is 16.7 Å². The van der Waals surface area contributed by atoms with Crippen LogP contribution in [0.5, 0.6) is 0 Å². The molecule has 1 aromatic rings. The van der Waals surface area contributed by atoms with Gasteiger partial charge in [-0.05, 0) is 28.9 Å². The van der Waals surface area contributed by atoms with Crippen LogP contribution in [0.25, 0.3) is 0 Å². The molecule has 1 aromatic heterocycles. The molecule has 15 heavy (non-hydrogen) atoms. The van der Waals surface area contributed by atoms with Gasteiger partial charge in [0.1, 0.15) is 0 Å². The van der Waals surface area contributed by atoms with E-state index in [0.29, 0.717) is 6.42 Å². The lowest BCUT2D eigenvalue weighted by molar-refractivity contribution is -0.115. The van der Waals surface area contributed by atoms with Crippen molar-refractivity contribution in [1.29, 1.82) is 0 Å². The van der Waals surface area contributed by atoms with E-state index < -0.39 is 0 Å². The number of aromatic nitrogens is 1. The second-order valence-electron chi connectivity index (χ2n) is 3.40. The summed E-state index contributed by atoms with van der Waals surface area (Å²) in [5.74, 6) is 0.902. The summed E-state index contributed by atoms with van der Waals surface area (Å²) in [5, 5.41) is 2.85. The second-order valence-corrected chi connectivity index (χ2v) is 4.32. The van der Waals surface area contributed by atoms with Crippen LogP contribution in [0.1, 0.15) is 13.3 Å². The fourth-order valence-corrected chi connectivity index (χ4v) is 1.97. The van der Waals surface area contributed by atoms with Crippen LogP contribution in [-0.2, 0) is 4.79 Å². The molecule has 5 heteroatoms. The molecule has 80 valence electrons. The molecule has 0 fully saturated rings. The number of pyridine rings is 1. The van der Waals surface area contributed by atoms with E-state index in [2.05, 4.69) is 38.1 Å². The summed E-state index contributed by atoms with van der Waals surface area (Å²) in [4.78, 5) is 17.9. The van der Waals surface area contributed by atoms with Crippen LogP contribution >= 0.6 is 15.9 Å². The number of hydrogen-bond donors (Lipinski definition) is 1. The first-order valence-corrected chi connectivity index (χ1v) is 5.70. The van der Waals surface area contributed by atoms with Crippen molar-refractivity contribution >= 4 is 33.3 Å². The average Bonchev–Trinajstić information content (AvgIpc) is 2.35. The highest BCUT2D eigenvalue weighted by Gasteiger charge is 2.19. The number of nitrogens with zero attached hydrogens (tertiary/aromatic N) is 2. The fourth-order valence-electron chi connectivity index (χ4n) is 1.64. The first-order chi connectivity index (χ1) is 7.20. The van der Waals surface area contributed by atoms with Crippen molar-refractivity contribution in [2.45, 2.75) is 13.3 Å². The highest BCUT2D eigenvalue weighted by atomic mass is 79.9. The van der Waals surface area contributed by atoms with E-state index in [1.807, 2.05) is 6.07 Å². The molecule has 0 radical (unpaired) electrons. The molecule has 0 aromatic carbocycles. The Hall–Kier alpha value is -1.10. The number of rotatable bonds is 1. The lowest BCUT2D eigenvalue weighted by Crippen LogP contribution is -2.24. The van der Waals surface area contributed by atoms with Crippen molar-refractivity contribution in [3.8, 4) is 0 Å². The third-order valence-electron chi connectivity index (χ3n) is 2.40. The standard InChI is InChI=1S/C10H12BrN3O/c1-2-14-4-3-9(15)13-8-5-7(11)6-12-10(8)14/h5-6H,2-4H2,1H3,(H,13,15). The summed E-state index contributed by atoms with van der Waals surface area (Å²) in [7, 11) is 0. The largest absolute Gasteiger partial charge is 0.355 e. The number of hydrogen-bond acceptors (Lipinski definition) is 3. The molecule has 0 atom stereocenters. The van der Waals surface area contributed by atoms with Crippen LogP contribution < -0.4 is 10.2 Å². The lowest BCUT2D eigenvalue weighted by Gasteiger charge is -2.20. The van der Waals surface area contributed by atoms with E-state index in [-0.39, 0.29) is 5.91 Å². The van der Waals surface area contributed by atoms with Crippen LogP contribution in [0.3, 0.4) is 0 Å². The minimum atomic E-state index is 0.0482. The van der Waals surface area contributed by atoms with Crippen molar-refractivity contribution in [3.05, 3.63) is 16.7 Å². The number of fused-ring (bicyclic) bond motifs is 1. The first kappa shape index (κ1) is 10.4. The summed E-state index contributed by atoms with van der Waals surface area (Å²) in [6, 6.07) is 1.88. The topological polar surface area (TPSA) is 45.2 Å². The van der Waals surface area contributed by atoms with Crippen molar-refractivity contribution in [3.63, 3.8) is 0 Å². The number of halogens is 1. The molecule has 0 aliphatic carbocycles. The predicted octanol–water partition coefficient (Wildman–Crippen LogP) is 2.01. The molecular weight excluding hydrogens is 258 g/mol. The normalized spacial score (nSPS) is 15.6. The van der Waals surface area contributed by atoms with Crippen molar-refractivity contribution in [2.24, 2.45) is 0 Å². The molecule has 1 N–H and O–H groups in total. The maximum absolute atomic E-state index is 11.4. The molecule has 4 nitrogen and oxygen atoms in total. The Morgan fingerprint density at radius 1 is 1.67 bits per heavy atom. The van der Waals surface area contributed by atoms with E-state index in [4.69, 9.17) is 0 Å². The quantitative estimate of drug-likeness (QED) is 0.849. The molecular formula is C10H12BrN3O. The second kappa shape index (κ2) is 4.18. The third kappa shape index (κ3) is 2.12. The summed E-state index contributed by atoms with van der Waals surface area (Å²) in [6.45, 7) is 3.64. The first-order valence-electron chi connectivity index (χ1n) is 4.91. The molecule has 2 rings (SSSR count). The van der Waals surface area contributed by atoms with Gasteiger partial charge in [-0.2, -0.15) is 0 Å². The Morgan fingerprint density at radius 2 is 2.47 bits per heavy atom. The zero-order valence-corrected chi connectivity index (χ0v) is 10.0. The van der Waals surface area contributed by atoms with Gasteiger partial charge in [0.25, 0.3) is 0 Å². The van der Waals surface area contributed by atoms with Crippen molar-refractivity contribution in [1.82, 2.24) is 4.98 Å². The predicted molar refractivity (Wildman–Crippen MR) is 63.1 cm³/mol. The van der Waals surface area contributed by atoms with Crippen LogP contribution in [0, 0.1) is 0 Å². The minimum Gasteiger partial charge on any atom is -0.355 e. The monoisotopic (exact) mass is 269 g/mol. The highest BCUT2D eigenvalue weighted by molar-refractivity contribution is 9.10. The number of carbonyl (C=O) groups is 1. The summed E-state index contributed by atoms with van der Waals surface area (Å²) in [6.07, 6.45) is 2.26. The number of anilines is 2. The van der Waals surface area contributed by atoms with Gasteiger partial charge in [0, 0.05) is 30.2 Å². The number of nitrogens with one attached hydrogen (secondary N) is 1. The molecule has 1 aliphatic heterocycles. The van der Waals surface area contributed by atoms with Crippen LogP contribution in [-0.4, -0.2) is 24.0 Å².